The lowest BCUT2D eigenvalue weighted by Gasteiger charge is -1.98. The predicted octanol–water partition coefficient (Wildman–Crippen LogP) is 4.39. The predicted molar refractivity (Wildman–Crippen MR) is 70.8 cm³/mol. The minimum absolute atomic E-state index is 1.06. The number of fused-ring (bicyclic) bond motifs is 1. The lowest BCUT2D eigenvalue weighted by Crippen LogP contribution is -1.90. The van der Waals surface area contributed by atoms with Crippen molar-refractivity contribution in [3.05, 3.63) is 36.0 Å². The number of benzene rings is 1. The summed E-state index contributed by atoms with van der Waals surface area (Å²) in [4.78, 5) is 0. The third-order valence-electron chi connectivity index (χ3n) is 3.26. The highest BCUT2D eigenvalue weighted by Gasteiger charge is 2.05. The average Bonchev–Trinajstić information content (AvgIpc) is 2.68. The molecule has 0 saturated carbocycles. The largest absolute Gasteiger partial charge is 0.347 e. The maximum absolute atomic E-state index is 2.36. The Balaban J connectivity index is 2.30. The molecule has 1 aromatic heterocycles. The number of hydrogen-bond donors (Lipinski definition) is 0. The van der Waals surface area contributed by atoms with Crippen molar-refractivity contribution in [3.8, 4) is 0 Å². The highest BCUT2D eigenvalue weighted by molar-refractivity contribution is 5.83. The molecule has 2 aromatic rings. The first kappa shape index (κ1) is 11.3. The lowest BCUT2D eigenvalue weighted by molar-refractivity contribution is 0.714. The summed E-state index contributed by atoms with van der Waals surface area (Å²) in [6, 6.07) is 8.75. The number of unbranched alkanes of at least 4 members (excludes halogenated alkanes) is 2. The van der Waals surface area contributed by atoms with Crippen LogP contribution in [0, 0.1) is 0 Å². The minimum Gasteiger partial charge on any atom is -0.347 e. The Kier molecular flexibility index (Phi) is 3.66. The second kappa shape index (κ2) is 5.20. The van der Waals surface area contributed by atoms with E-state index in [1.54, 1.807) is 0 Å². The summed E-state index contributed by atoms with van der Waals surface area (Å²) in [6.45, 7) is 5.53. The summed E-state index contributed by atoms with van der Waals surface area (Å²) in [5, 5.41) is 1.44. The van der Waals surface area contributed by atoms with Gasteiger partial charge in [-0.25, -0.2) is 0 Å². The number of rotatable bonds is 5. The first-order valence-corrected chi connectivity index (χ1v) is 6.43. The summed E-state index contributed by atoms with van der Waals surface area (Å²) in [5.41, 5.74) is 2.90. The minimum atomic E-state index is 1.06. The first-order valence-electron chi connectivity index (χ1n) is 6.43. The van der Waals surface area contributed by atoms with Crippen LogP contribution in [0.15, 0.2) is 30.5 Å². The zero-order valence-electron chi connectivity index (χ0n) is 10.4. The Bertz CT molecular complexity index is 453. The van der Waals surface area contributed by atoms with Gasteiger partial charge in [0.15, 0.2) is 0 Å². The SMILES string of the molecule is CCCCCc1cn(CC)c2ccccc12. The molecule has 0 aliphatic heterocycles. The molecule has 0 bridgehead atoms. The van der Waals surface area contributed by atoms with Crippen LogP contribution in [0.2, 0.25) is 0 Å². The van der Waals surface area contributed by atoms with Crippen molar-refractivity contribution >= 4 is 10.9 Å². The van der Waals surface area contributed by atoms with E-state index in [0.717, 1.165) is 6.54 Å². The zero-order valence-corrected chi connectivity index (χ0v) is 10.4. The average molecular weight is 215 g/mol. The van der Waals surface area contributed by atoms with Gasteiger partial charge in [0.2, 0.25) is 0 Å². The van der Waals surface area contributed by atoms with Gasteiger partial charge in [-0.2, -0.15) is 0 Å². The molecule has 1 nitrogen and oxygen atoms in total. The van der Waals surface area contributed by atoms with Gasteiger partial charge in [0.25, 0.3) is 0 Å². The second-order valence-corrected chi connectivity index (χ2v) is 4.41. The van der Waals surface area contributed by atoms with E-state index in [2.05, 4.69) is 48.9 Å². The number of para-hydroxylation sites is 1. The van der Waals surface area contributed by atoms with Crippen LogP contribution in [0.4, 0.5) is 0 Å². The van der Waals surface area contributed by atoms with Crippen molar-refractivity contribution in [3.63, 3.8) is 0 Å². The third-order valence-corrected chi connectivity index (χ3v) is 3.26. The van der Waals surface area contributed by atoms with Gasteiger partial charge in [0.05, 0.1) is 0 Å². The summed E-state index contributed by atoms with van der Waals surface area (Å²) in [6.07, 6.45) is 7.51. The van der Waals surface area contributed by atoms with Crippen LogP contribution in [-0.2, 0) is 13.0 Å². The molecule has 0 unspecified atom stereocenters. The summed E-state index contributed by atoms with van der Waals surface area (Å²) in [7, 11) is 0. The molecule has 0 amide bonds. The molecule has 0 N–H and O–H groups in total. The maximum Gasteiger partial charge on any atom is 0.0483 e. The van der Waals surface area contributed by atoms with Crippen molar-refractivity contribution in [2.75, 3.05) is 0 Å². The number of aryl methyl sites for hydroxylation is 2. The zero-order chi connectivity index (χ0) is 11.4. The van der Waals surface area contributed by atoms with Crippen molar-refractivity contribution < 1.29 is 0 Å². The van der Waals surface area contributed by atoms with Crippen LogP contribution in [-0.4, -0.2) is 4.57 Å². The number of aromatic nitrogens is 1. The van der Waals surface area contributed by atoms with Gasteiger partial charge < -0.3 is 4.57 Å². The topological polar surface area (TPSA) is 4.93 Å². The quantitative estimate of drug-likeness (QED) is 0.652. The van der Waals surface area contributed by atoms with Gasteiger partial charge in [0.1, 0.15) is 0 Å². The molecule has 0 saturated heterocycles. The molecule has 1 heteroatoms. The molecule has 16 heavy (non-hydrogen) atoms. The highest BCUT2D eigenvalue weighted by atomic mass is 14.9. The fourth-order valence-electron chi connectivity index (χ4n) is 2.35. The van der Waals surface area contributed by atoms with Crippen molar-refractivity contribution in [1.29, 1.82) is 0 Å². The molecule has 2 rings (SSSR count). The molecule has 0 fully saturated rings. The molecule has 0 aliphatic rings. The van der Waals surface area contributed by atoms with Crippen LogP contribution < -0.4 is 0 Å². The van der Waals surface area contributed by atoms with E-state index in [1.165, 1.54) is 42.1 Å². The van der Waals surface area contributed by atoms with Crippen LogP contribution >= 0.6 is 0 Å². The Hall–Kier alpha value is -1.24. The Labute approximate surface area is 98.1 Å². The molecule has 86 valence electrons. The van der Waals surface area contributed by atoms with Crippen LogP contribution in [0.3, 0.4) is 0 Å². The summed E-state index contributed by atoms with van der Waals surface area (Å²) < 4.78 is 2.36. The van der Waals surface area contributed by atoms with E-state index in [9.17, 15) is 0 Å². The fourth-order valence-corrected chi connectivity index (χ4v) is 2.35. The van der Waals surface area contributed by atoms with E-state index >= 15 is 0 Å². The van der Waals surface area contributed by atoms with E-state index < -0.39 is 0 Å². The number of hydrogen-bond acceptors (Lipinski definition) is 0. The van der Waals surface area contributed by atoms with Crippen molar-refractivity contribution in [2.24, 2.45) is 0 Å². The van der Waals surface area contributed by atoms with Crippen LogP contribution in [0.1, 0.15) is 38.7 Å². The van der Waals surface area contributed by atoms with Gasteiger partial charge >= 0.3 is 0 Å². The molecule has 0 spiro atoms. The van der Waals surface area contributed by atoms with Crippen molar-refractivity contribution in [1.82, 2.24) is 4.57 Å². The molecule has 1 aromatic carbocycles. The van der Waals surface area contributed by atoms with Crippen LogP contribution in [0.5, 0.6) is 0 Å². The molecular weight excluding hydrogens is 194 g/mol. The van der Waals surface area contributed by atoms with Gasteiger partial charge in [-0.3, -0.25) is 0 Å². The Morgan fingerprint density at radius 1 is 1.06 bits per heavy atom. The van der Waals surface area contributed by atoms with Crippen LogP contribution in [0.25, 0.3) is 10.9 Å². The summed E-state index contributed by atoms with van der Waals surface area (Å²) in [5.74, 6) is 0. The van der Waals surface area contributed by atoms with E-state index in [0.29, 0.717) is 0 Å². The highest BCUT2D eigenvalue weighted by Crippen LogP contribution is 2.22. The maximum atomic E-state index is 2.36. The molecule has 0 atom stereocenters. The molecule has 1 heterocycles. The first-order chi connectivity index (χ1) is 7.86. The monoisotopic (exact) mass is 215 g/mol. The fraction of sp³-hybridized carbons (Fsp3) is 0.467. The number of nitrogens with zero attached hydrogens (tertiary/aromatic N) is 1. The van der Waals surface area contributed by atoms with Crippen molar-refractivity contribution in [2.45, 2.75) is 46.1 Å². The Morgan fingerprint density at radius 3 is 2.62 bits per heavy atom. The van der Waals surface area contributed by atoms with E-state index in [1.807, 2.05) is 0 Å². The van der Waals surface area contributed by atoms with E-state index in [4.69, 9.17) is 0 Å². The normalized spacial score (nSPS) is 11.1. The van der Waals surface area contributed by atoms with E-state index in [-0.39, 0.29) is 0 Å². The van der Waals surface area contributed by atoms with Gasteiger partial charge in [0, 0.05) is 23.6 Å². The smallest absolute Gasteiger partial charge is 0.0483 e. The second-order valence-electron chi connectivity index (χ2n) is 4.41. The third kappa shape index (κ3) is 2.13. The summed E-state index contributed by atoms with van der Waals surface area (Å²) >= 11 is 0. The van der Waals surface area contributed by atoms with Gasteiger partial charge in [-0.1, -0.05) is 38.0 Å². The van der Waals surface area contributed by atoms with Gasteiger partial charge in [-0.15, -0.1) is 0 Å². The van der Waals surface area contributed by atoms with Gasteiger partial charge in [-0.05, 0) is 31.4 Å². The Morgan fingerprint density at radius 2 is 1.88 bits per heavy atom. The molecule has 0 aliphatic carbocycles. The molecule has 0 radical (unpaired) electrons. The lowest BCUT2D eigenvalue weighted by atomic mass is 10.1. The standard InChI is InChI=1S/C15H21N/c1-3-5-6-9-13-12-16(4-2)15-11-8-7-10-14(13)15/h7-8,10-12H,3-6,9H2,1-2H3. The molecular formula is C15H21N.